The molecular formula is C21H27ClFN3O2. The van der Waals surface area contributed by atoms with Crippen molar-refractivity contribution in [2.45, 2.75) is 19.3 Å². The lowest BCUT2D eigenvalue weighted by molar-refractivity contribution is -0.134. The number of amides is 2. The number of likely N-dealkylation sites (tertiary alicyclic amines) is 1. The van der Waals surface area contributed by atoms with Crippen LogP contribution in [0.1, 0.15) is 18.4 Å². The Labute approximate surface area is 170 Å². The highest BCUT2D eigenvalue weighted by molar-refractivity contribution is 6.31. The fraction of sp³-hybridized carbons (Fsp3) is 0.524. The van der Waals surface area contributed by atoms with E-state index in [1.165, 1.54) is 12.1 Å². The minimum atomic E-state index is -0.250. The Bertz CT molecular complexity index is 706. The van der Waals surface area contributed by atoms with Crippen molar-refractivity contribution in [3.8, 4) is 0 Å². The van der Waals surface area contributed by atoms with Crippen LogP contribution in [-0.4, -0.2) is 72.3 Å². The number of piperazine rings is 1. The van der Waals surface area contributed by atoms with Crippen LogP contribution in [0.4, 0.5) is 4.39 Å². The number of rotatable bonds is 5. The molecule has 0 unspecified atom stereocenters. The molecule has 1 aromatic carbocycles. The number of benzene rings is 1. The largest absolute Gasteiger partial charge is 0.342 e. The molecular weight excluding hydrogens is 381 g/mol. The Morgan fingerprint density at radius 1 is 1.11 bits per heavy atom. The fourth-order valence-electron chi connectivity index (χ4n) is 3.95. The Hall–Kier alpha value is -1.92. The summed E-state index contributed by atoms with van der Waals surface area (Å²) >= 11 is 6.14. The van der Waals surface area contributed by atoms with Gasteiger partial charge in [-0.05, 0) is 43.4 Å². The van der Waals surface area contributed by atoms with E-state index in [1.54, 1.807) is 17.0 Å². The van der Waals surface area contributed by atoms with Gasteiger partial charge in [0.2, 0.25) is 11.8 Å². The van der Waals surface area contributed by atoms with Gasteiger partial charge in [0, 0.05) is 49.9 Å². The second-order valence-corrected chi connectivity index (χ2v) is 7.94. The molecule has 0 spiro atoms. The van der Waals surface area contributed by atoms with Crippen molar-refractivity contribution in [2.75, 3.05) is 45.8 Å². The number of hydrogen-bond donors (Lipinski definition) is 0. The van der Waals surface area contributed by atoms with Crippen LogP contribution in [-0.2, 0) is 16.0 Å². The number of piperidine rings is 1. The van der Waals surface area contributed by atoms with Crippen molar-refractivity contribution in [3.63, 3.8) is 0 Å². The van der Waals surface area contributed by atoms with Crippen molar-refractivity contribution in [1.82, 2.24) is 14.7 Å². The summed E-state index contributed by atoms with van der Waals surface area (Å²) in [5.74, 6) is 0.167. The van der Waals surface area contributed by atoms with Gasteiger partial charge in [-0.25, -0.2) is 4.39 Å². The van der Waals surface area contributed by atoms with Gasteiger partial charge in [-0.2, -0.15) is 0 Å². The van der Waals surface area contributed by atoms with E-state index in [2.05, 4.69) is 11.5 Å². The predicted octanol–water partition coefficient (Wildman–Crippen LogP) is 2.59. The van der Waals surface area contributed by atoms with Gasteiger partial charge in [0.1, 0.15) is 5.82 Å². The Kier molecular flexibility index (Phi) is 7.08. The van der Waals surface area contributed by atoms with Crippen molar-refractivity contribution in [1.29, 1.82) is 0 Å². The van der Waals surface area contributed by atoms with Gasteiger partial charge in [-0.15, -0.1) is 0 Å². The lowest BCUT2D eigenvalue weighted by Gasteiger charge is -2.36. The van der Waals surface area contributed by atoms with Crippen LogP contribution in [0.2, 0.25) is 5.02 Å². The van der Waals surface area contributed by atoms with Crippen LogP contribution in [0, 0.1) is 11.7 Å². The number of hydrogen-bond acceptors (Lipinski definition) is 3. The van der Waals surface area contributed by atoms with E-state index in [0.29, 0.717) is 68.7 Å². The zero-order valence-electron chi connectivity index (χ0n) is 16.1. The summed E-state index contributed by atoms with van der Waals surface area (Å²) < 4.78 is 14.0. The molecule has 0 aliphatic carbocycles. The van der Waals surface area contributed by atoms with E-state index in [-0.39, 0.29) is 17.6 Å². The van der Waals surface area contributed by atoms with Crippen molar-refractivity contribution >= 4 is 23.4 Å². The van der Waals surface area contributed by atoms with Gasteiger partial charge >= 0.3 is 0 Å². The lowest BCUT2D eigenvalue weighted by Crippen LogP contribution is -2.52. The average Bonchev–Trinajstić information content (AvgIpc) is 2.71. The summed E-state index contributed by atoms with van der Waals surface area (Å²) in [6.07, 6.45) is 3.67. The van der Waals surface area contributed by atoms with E-state index in [9.17, 15) is 14.0 Å². The predicted molar refractivity (Wildman–Crippen MR) is 108 cm³/mol. The monoisotopic (exact) mass is 407 g/mol. The molecule has 2 aliphatic heterocycles. The molecule has 0 N–H and O–H groups in total. The second-order valence-electron chi connectivity index (χ2n) is 7.53. The summed E-state index contributed by atoms with van der Waals surface area (Å²) in [5.41, 5.74) is 0.584. The topological polar surface area (TPSA) is 43.9 Å². The van der Waals surface area contributed by atoms with E-state index >= 15 is 0 Å². The summed E-state index contributed by atoms with van der Waals surface area (Å²) in [5, 5.41) is 0.479. The number of carbonyl (C=O) groups excluding carboxylic acids is 2. The fourth-order valence-corrected chi connectivity index (χ4v) is 4.19. The third-order valence-corrected chi connectivity index (χ3v) is 6.09. The Morgan fingerprint density at radius 3 is 2.39 bits per heavy atom. The lowest BCUT2D eigenvalue weighted by atomic mass is 9.90. The van der Waals surface area contributed by atoms with Crippen molar-refractivity contribution < 1.29 is 14.0 Å². The van der Waals surface area contributed by atoms with E-state index in [1.807, 2.05) is 4.90 Å². The molecule has 0 bridgehead atoms. The molecule has 2 aliphatic rings. The summed E-state index contributed by atoms with van der Waals surface area (Å²) in [7, 11) is 0. The van der Waals surface area contributed by atoms with Crippen molar-refractivity contribution in [3.05, 3.63) is 47.3 Å². The average molecular weight is 408 g/mol. The Balaban J connectivity index is 1.43. The molecule has 0 atom stereocenters. The van der Waals surface area contributed by atoms with Gasteiger partial charge in [-0.3, -0.25) is 14.5 Å². The maximum atomic E-state index is 14.0. The first-order valence-electron chi connectivity index (χ1n) is 9.82. The molecule has 152 valence electrons. The first-order chi connectivity index (χ1) is 13.5. The molecule has 1 aromatic rings. The third-order valence-electron chi connectivity index (χ3n) is 5.74. The maximum absolute atomic E-state index is 14.0. The van der Waals surface area contributed by atoms with E-state index < -0.39 is 0 Å². The highest BCUT2D eigenvalue weighted by atomic mass is 35.5. The first kappa shape index (κ1) is 20.8. The minimum absolute atomic E-state index is 0.0528. The summed E-state index contributed by atoms with van der Waals surface area (Å²) in [4.78, 5) is 30.0. The molecule has 5 nitrogen and oxygen atoms in total. The first-order valence-corrected chi connectivity index (χ1v) is 10.2. The van der Waals surface area contributed by atoms with Crippen LogP contribution >= 0.6 is 11.6 Å². The number of halogens is 2. The zero-order chi connectivity index (χ0) is 20.1. The highest BCUT2D eigenvalue weighted by Crippen LogP contribution is 2.27. The van der Waals surface area contributed by atoms with Gasteiger partial charge in [0.15, 0.2) is 0 Å². The molecule has 0 aromatic heterocycles. The Morgan fingerprint density at radius 2 is 1.79 bits per heavy atom. The van der Waals surface area contributed by atoms with E-state index in [0.717, 1.165) is 12.8 Å². The van der Waals surface area contributed by atoms with Crippen LogP contribution in [0.3, 0.4) is 0 Å². The van der Waals surface area contributed by atoms with Gasteiger partial charge in [0.25, 0.3) is 0 Å². The van der Waals surface area contributed by atoms with Gasteiger partial charge in [0.05, 0.1) is 6.54 Å². The summed E-state index contributed by atoms with van der Waals surface area (Å²) in [6.45, 7) is 7.96. The van der Waals surface area contributed by atoms with Crippen molar-refractivity contribution in [2.24, 2.45) is 5.92 Å². The quantitative estimate of drug-likeness (QED) is 0.705. The molecule has 0 radical (unpaired) electrons. The third kappa shape index (κ3) is 5.11. The van der Waals surface area contributed by atoms with Gasteiger partial charge < -0.3 is 9.80 Å². The molecule has 3 rings (SSSR count). The molecule has 0 saturated carbocycles. The zero-order valence-corrected chi connectivity index (χ0v) is 16.8. The van der Waals surface area contributed by atoms with Crippen LogP contribution in [0.5, 0.6) is 0 Å². The maximum Gasteiger partial charge on any atom is 0.246 e. The molecule has 2 saturated heterocycles. The molecule has 2 heterocycles. The number of nitrogens with zero attached hydrogens (tertiary/aromatic N) is 3. The minimum Gasteiger partial charge on any atom is -0.342 e. The van der Waals surface area contributed by atoms with Crippen LogP contribution in [0.25, 0.3) is 0 Å². The standard InChI is InChI=1S/C21H27ClFN3O2/c1-2-20(27)26-12-10-24(11-13-26)15-21(28)25-8-6-16(7-9-25)14-17-18(22)4-3-5-19(17)23/h2-5,16H,1,6-15H2. The number of carbonyl (C=O) groups is 2. The second kappa shape index (κ2) is 9.52. The normalized spacial score (nSPS) is 18.9. The molecule has 2 amide bonds. The molecule has 7 heteroatoms. The van der Waals surface area contributed by atoms with E-state index in [4.69, 9.17) is 11.6 Å². The van der Waals surface area contributed by atoms with Crippen LogP contribution in [0.15, 0.2) is 30.9 Å². The highest BCUT2D eigenvalue weighted by Gasteiger charge is 2.27. The van der Waals surface area contributed by atoms with Gasteiger partial charge in [-0.1, -0.05) is 24.2 Å². The molecule has 28 heavy (non-hydrogen) atoms. The summed E-state index contributed by atoms with van der Waals surface area (Å²) in [6, 6.07) is 4.79. The SMILES string of the molecule is C=CC(=O)N1CCN(CC(=O)N2CCC(Cc3c(F)cccc3Cl)CC2)CC1. The van der Waals surface area contributed by atoms with Crippen LogP contribution < -0.4 is 0 Å². The smallest absolute Gasteiger partial charge is 0.246 e. The molecule has 2 fully saturated rings.